The summed E-state index contributed by atoms with van der Waals surface area (Å²) in [6.45, 7) is 0. The summed E-state index contributed by atoms with van der Waals surface area (Å²) < 4.78 is 4.67. The van der Waals surface area contributed by atoms with Crippen molar-refractivity contribution in [1.82, 2.24) is 19.1 Å². The summed E-state index contributed by atoms with van der Waals surface area (Å²) in [6, 6.07) is 82.0. The van der Waals surface area contributed by atoms with Gasteiger partial charge in [0.05, 0.1) is 56.9 Å². The molecule has 0 radical (unpaired) electrons. The molecule has 0 spiro atoms. The Labute approximate surface area is 381 Å². The third-order valence-electron chi connectivity index (χ3n) is 12.9. The molecular weight excluding hydrogens is 805 g/mol. The standard InChI is InChI=1S/C60H40N6/c1-5-17-43(18-6-1)63(44-19-7-2-8-20-44)47-31-33-57-53(37-47)51-25-13-15-27-55(51)65(57)49-35-41-29-30-42-36-50(40-62-60(42)59(41)61-39-49)66-56-28-16-14-26-52(56)54-38-48(32-34-58(54)66)64(45-21-9-3-10-22-45)46-23-11-4-12-24-46/h1-40H. The van der Waals surface area contributed by atoms with E-state index in [1.54, 1.807) is 0 Å². The first-order valence-corrected chi connectivity index (χ1v) is 22.3. The molecule has 0 aliphatic heterocycles. The van der Waals surface area contributed by atoms with Crippen LogP contribution in [-0.2, 0) is 0 Å². The van der Waals surface area contributed by atoms with E-state index in [0.717, 1.165) is 89.4 Å². The molecule has 0 aliphatic carbocycles. The summed E-state index contributed by atoms with van der Waals surface area (Å²) in [5.41, 5.74) is 14.9. The van der Waals surface area contributed by atoms with Crippen LogP contribution in [0.5, 0.6) is 0 Å². The highest BCUT2D eigenvalue weighted by molar-refractivity contribution is 6.13. The Kier molecular flexibility index (Phi) is 8.74. The molecule has 9 aromatic carbocycles. The normalized spacial score (nSPS) is 11.6. The predicted molar refractivity (Wildman–Crippen MR) is 275 cm³/mol. The van der Waals surface area contributed by atoms with Crippen LogP contribution in [0, 0.1) is 0 Å². The summed E-state index contributed by atoms with van der Waals surface area (Å²) >= 11 is 0. The average molecular weight is 845 g/mol. The second-order valence-electron chi connectivity index (χ2n) is 16.7. The van der Waals surface area contributed by atoms with Crippen LogP contribution >= 0.6 is 0 Å². The highest BCUT2D eigenvalue weighted by atomic mass is 15.1. The zero-order valence-electron chi connectivity index (χ0n) is 35.8. The summed E-state index contributed by atoms with van der Waals surface area (Å²) in [7, 11) is 0. The molecule has 0 saturated heterocycles. The molecule has 66 heavy (non-hydrogen) atoms. The maximum atomic E-state index is 5.17. The Bertz CT molecular complexity index is 3600. The molecular formula is C60H40N6. The van der Waals surface area contributed by atoms with Gasteiger partial charge in [-0.25, -0.2) is 0 Å². The lowest BCUT2D eigenvalue weighted by atomic mass is 10.1. The van der Waals surface area contributed by atoms with Gasteiger partial charge in [-0.2, -0.15) is 0 Å². The van der Waals surface area contributed by atoms with E-state index in [-0.39, 0.29) is 0 Å². The SMILES string of the molecule is c1ccc(N(c2ccccc2)c2ccc3c(c2)c2ccccc2n3-c2cnc3c(ccc4cc(-n5c6ccccc6c6cc(N(c7ccccc7)c7ccccc7)ccc65)cnc43)c2)cc1. The average Bonchev–Trinajstić information content (AvgIpc) is 3.90. The molecule has 310 valence electrons. The van der Waals surface area contributed by atoms with E-state index in [9.17, 15) is 0 Å². The molecule has 13 aromatic rings. The van der Waals surface area contributed by atoms with Crippen LogP contribution in [0.25, 0.3) is 76.8 Å². The fraction of sp³-hybridized carbons (Fsp3) is 0. The van der Waals surface area contributed by atoms with Crippen LogP contribution < -0.4 is 9.80 Å². The number of anilines is 6. The highest BCUT2D eigenvalue weighted by Gasteiger charge is 2.20. The monoisotopic (exact) mass is 844 g/mol. The Morgan fingerprint density at radius 2 is 0.606 bits per heavy atom. The van der Waals surface area contributed by atoms with Crippen molar-refractivity contribution in [2.45, 2.75) is 0 Å². The maximum Gasteiger partial charge on any atom is 0.0966 e. The van der Waals surface area contributed by atoms with Crippen molar-refractivity contribution in [2.75, 3.05) is 9.80 Å². The number of hydrogen-bond acceptors (Lipinski definition) is 4. The number of para-hydroxylation sites is 6. The van der Waals surface area contributed by atoms with Crippen molar-refractivity contribution in [3.8, 4) is 11.4 Å². The van der Waals surface area contributed by atoms with Gasteiger partial charge in [0.2, 0.25) is 0 Å². The number of aromatic nitrogens is 4. The minimum Gasteiger partial charge on any atom is -0.310 e. The van der Waals surface area contributed by atoms with Gasteiger partial charge in [0.1, 0.15) is 0 Å². The van der Waals surface area contributed by atoms with E-state index in [1.165, 1.54) is 21.5 Å². The Balaban J connectivity index is 0.904. The fourth-order valence-corrected chi connectivity index (χ4v) is 9.97. The van der Waals surface area contributed by atoms with Crippen LogP contribution in [0.2, 0.25) is 0 Å². The molecule has 13 rings (SSSR count). The summed E-state index contributed by atoms with van der Waals surface area (Å²) in [4.78, 5) is 15.0. The summed E-state index contributed by atoms with van der Waals surface area (Å²) in [5.74, 6) is 0. The highest BCUT2D eigenvalue weighted by Crippen LogP contribution is 2.42. The zero-order valence-corrected chi connectivity index (χ0v) is 35.8. The Morgan fingerprint density at radius 3 is 0.985 bits per heavy atom. The number of pyridine rings is 2. The Hall–Kier alpha value is -9.00. The molecule has 0 bridgehead atoms. The molecule has 0 N–H and O–H groups in total. The van der Waals surface area contributed by atoms with Crippen molar-refractivity contribution >= 4 is 99.5 Å². The molecule has 0 aliphatic rings. The lowest BCUT2D eigenvalue weighted by Crippen LogP contribution is -2.09. The number of fused-ring (bicyclic) bond motifs is 9. The van der Waals surface area contributed by atoms with Crippen molar-refractivity contribution in [2.24, 2.45) is 0 Å². The van der Waals surface area contributed by atoms with E-state index in [2.05, 4.69) is 249 Å². The smallest absolute Gasteiger partial charge is 0.0966 e. The number of nitrogens with zero attached hydrogens (tertiary/aromatic N) is 6. The number of benzene rings is 9. The second-order valence-corrected chi connectivity index (χ2v) is 16.7. The van der Waals surface area contributed by atoms with E-state index in [1.807, 2.05) is 12.4 Å². The third kappa shape index (κ3) is 6.11. The predicted octanol–water partition coefficient (Wildman–Crippen LogP) is 15.9. The van der Waals surface area contributed by atoms with Gasteiger partial charge in [0, 0.05) is 66.4 Å². The number of hydrogen-bond donors (Lipinski definition) is 0. The van der Waals surface area contributed by atoms with Crippen molar-refractivity contribution in [1.29, 1.82) is 0 Å². The lowest BCUT2D eigenvalue weighted by molar-refractivity contribution is 1.15. The van der Waals surface area contributed by atoms with E-state index >= 15 is 0 Å². The van der Waals surface area contributed by atoms with Gasteiger partial charge < -0.3 is 18.9 Å². The second kappa shape index (κ2) is 15.4. The summed E-state index contributed by atoms with van der Waals surface area (Å²) in [6.07, 6.45) is 3.99. The van der Waals surface area contributed by atoms with Gasteiger partial charge in [0.25, 0.3) is 0 Å². The van der Waals surface area contributed by atoms with E-state index in [4.69, 9.17) is 9.97 Å². The van der Waals surface area contributed by atoms with Gasteiger partial charge in [-0.05, 0) is 109 Å². The van der Waals surface area contributed by atoms with Crippen molar-refractivity contribution < 1.29 is 0 Å². The van der Waals surface area contributed by atoms with E-state index in [0.29, 0.717) is 0 Å². The fourth-order valence-electron chi connectivity index (χ4n) is 9.97. The minimum atomic E-state index is 0.876. The van der Waals surface area contributed by atoms with Gasteiger partial charge >= 0.3 is 0 Å². The molecule has 0 atom stereocenters. The first-order valence-electron chi connectivity index (χ1n) is 22.3. The molecule has 0 saturated carbocycles. The van der Waals surface area contributed by atoms with Crippen LogP contribution in [0.1, 0.15) is 0 Å². The molecule has 0 unspecified atom stereocenters. The third-order valence-corrected chi connectivity index (χ3v) is 12.9. The molecule has 0 fully saturated rings. The Morgan fingerprint density at radius 1 is 0.273 bits per heavy atom. The molecule has 4 aromatic heterocycles. The summed E-state index contributed by atoms with van der Waals surface area (Å²) in [5, 5.41) is 6.81. The van der Waals surface area contributed by atoms with Gasteiger partial charge in [0.15, 0.2) is 0 Å². The quantitative estimate of drug-likeness (QED) is 0.143. The van der Waals surface area contributed by atoms with Gasteiger partial charge in [-0.15, -0.1) is 0 Å². The van der Waals surface area contributed by atoms with Crippen LogP contribution in [-0.4, -0.2) is 19.1 Å². The van der Waals surface area contributed by atoms with Gasteiger partial charge in [-0.3, -0.25) is 9.97 Å². The minimum absolute atomic E-state index is 0.876. The zero-order chi connectivity index (χ0) is 43.6. The molecule has 6 heteroatoms. The van der Waals surface area contributed by atoms with Gasteiger partial charge in [-0.1, -0.05) is 121 Å². The largest absolute Gasteiger partial charge is 0.310 e. The topological polar surface area (TPSA) is 42.1 Å². The van der Waals surface area contributed by atoms with Crippen LogP contribution in [0.15, 0.2) is 243 Å². The first kappa shape index (κ1) is 37.5. The van der Waals surface area contributed by atoms with Crippen molar-refractivity contribution in [3.63, 3.8) is 0 Å². The number of rotatable bonds is 8. The van der Waals surface area contributed by atoms with E-state index < -0.39 is 0 Å². The molecule has 6 nitrogen and oxygen atoms in total. The molecule has 4 heterocycles. The first-order chi connectivity index (χ1) is 32.7. The van der Waals surface area contributed by atoms with Crippen LogP contribution in [0.4, 0.5) is 34.1 Å². The maximum absolute atomic E-state index is 5.17. The molecule has 0 amide bonds. The lowest BCUT2D eigenvalue weighted by Gasteiger charge is -2.25. The van der Waals surface area contributed by atoms with Crippen LogP contribution in [0.3, 0.4) is 0 Å². The van der Waals surface area contributed by atoms with Crippen molar-refractivity contribution in [3.05, 3.63) is 243 Å².